The fourth-order valence-corrected chi connectivity index (χ4v) is 3.99. The molecular weight excluding hydrogens is 593 g/mol. The lowest BCUT2D eigenvalue weighted by Gasteiger charge is -2.14. The molecule has 0 aromatic heterocycles. The fourth-order valence-electron chi connectivity index (χ4n) is 3.02. The van der Waals surface area contributed by atoms with E-state index < -0.39 is 17.6 Å². The number of nitriles is 1. The number of nitrogens with one attached hydrogen (secondary N) is 1. The largest absolute Gasteiger partial charge is 0.493 e. The molecule has 0 fully saturated rings. The van der Waals surface area contributed by atoms with Crippen LogP contribution in [0, 0.1) is 11.3 Å². The number of ether oxygens (including phenoxy) is 2. The van der Waals surface area contributed by atoms with Gasteiger partial charge >= 0.3 is 6.18 Å². The first kappa shape index (κ1) is 26.3. The Labute approximate surface area is 216 Å². The lowest BCUT2D eigenvalue weighted by molar-refractivity contribution is -0.137. The van der Waals surface area contributed by atoms with E-state index in [0.717, 1.165) is 22.2 Å². The summed E-state index contributed by atoms with van der Waals surface area (Å²) in [7, 11) is 1.45. The average molecular weight is 610 g/mol. The van der Waals surface area contributed by atoms with Crippen molar-refractivity contribution in [3.8, 4) is 17.6 Å². The highest BCUT2D eigenvalue weighted by Gasteiger charge is 2.30. The van der Waals surface area contributed by atoms with Crippen LogP contribution in [-0.4, -0.2) is 13.0 Å². The van der Waals surface area contributed by atoms with Crippen molar-refractivity contribution in [3.05, 3.63) is 91.9 Å². The highest BCUT2D eigenvalue weighted by Crippen LogP contribution is 2.38. The monoisotopic (exact) mass is 608 g/mol. The van der Waals surface area contributed by atoms with Crippen LogP contribution in [0.3, 0.4) is 0 Å². The number of nitrogens with zero attached hydrogens (tertiary/aromatic N) is 1. The number of hydrogen-bond donors (Lipinski definition) is 1. The summed E-state index contributed by atoms with van der Waals surface area (Å²) in [4.78, 5) is 12.6. The molecule has 0 atom stereocenters. The molecule has 0 saturated heterocycles. The van der Waals surface area contributed by atoms with Crippen LogP contribution in [0.15, 0.2) is 75.2 Å². The summed E-state index contributed by atoms with van der Waals surface area (Å²) < 4.78 is 51.5. The molecule has 0 aliphatic carbocycles. The van der Waals surface area contributed by atoms with E-state index in [4.69, 9.17) is 9.47 Å². The van der Waals surface area contributed by atoms with E-state index in [0.29, 0.717) is 21.5 Å². The molecule has 10 heteroatoms. The van der Waals surface area contributed by atoms with E-state index >= 15 is 0 Å². The van der Waals surface area contributed by atoms with Crippen molar-refractivity contribution in [2.45, 2.75) is 12.8 Å². The molecule has 1 N–H and O–H groups in total. The molecule has 0 heterocycles. The molecule has 0 bridgehead atoms. The van der Waals surface area contributed by atoms with E-state index in [1.54, 1.807) is 18.2 Å². The third-order valence-corrected chi connectivity index (χ3v) is 6.07. The molecule has 0 aliphatic rings. The van der Waals surface area contributed by atoms with E-state index in [1.165, 1.54) is 25.3 Å². The number of hydrogen-bond acceptors (Lipinski definition) is 4. The van der Waals surface area contributed by atoms with Gasteiger partial charge in [-0.05, 0) is 64.0 Å². The highest BCUT2D eigenvalue weighted by molar-refractivity contribution is 9.10. The van der Waals surface area contributed by atoms with Crippen LogP contribution in [-0.2, 0) is 17.6 Å². The standard InChI is InChI=1S/C25H17Br2F3N2O3/c1-34-22-11-15(10-21(27)23(22)35-14-16-5-2-3-8-20(16)26)9-17(13-31)24(33)32-19-7-4-6-18(12-19)25(28,29)30/h2-12H,14H2,1H3,(H,32,33)/b17-9+. The first-order valence-electron chi connectivity index (χ1n) is 9.96. The Morgan fingerprint density at radius 2 is 1.83 bits per heavy atom. The summed E-state index contributed by atoms with van der Waals surface area (Å²) in [5.74, 6) is -0.0725. The van der Waals surface area contributed by atoms with Crippen molar-refractivity contribution in [2.24, 2.45) is 0 Å². The number of carbonyl (C=O) groups excluding carboxylic acids is 1. The first-order chi connectivity index (χ1) is 16.6. The summed E-state index contributed by atoms with van der Waals surface area (Å²) in [6, 6.07) is 16.7. The number of anilines is 1. The molecule has 0 radical (unpaired) electrons. The molecule has 0 unspecified atom stereocenters. The van der Waals surface area contributed by atoms with Gasteiger partial charge in [-0.3, -0.25) is 4.79 Å². The highest BCUT2D eigenvalue weighted by atomic mass is 79.9. The topological polar surface area (TPSA) is 71.3 Å². The van der Waals surface area contributed by atoms with Crippen LogP contribution < -0.4 is 14.8 Å². The smallest absolute Gasteiger partial charge is 0.416 e. The Bertz CT molecular complexity index is 1320. The number of methoxy groups -OCH3 is 1. The van der Waals surface area contributed by atoms with E-state index in [1.807, 2.05) is 24.3 Å². The molecule has 0 spiro atoms. The van der Waals surface area contributed by atoms with Gasteiger partial charge in [0.1, 0.15) is 18.2 Å². The van der Waals surface area contributed by atoms with Crippen molar-refractivity contribution >= 4 is 49.5 Å². The minimum Gasteiger partial charge on any atom is -0.493 e. The molecule has 180 valence electrons. The van der Waals surface area contributed by atoms with Crippen LogP contribution in [0.4, 0.5) is 18.9 Å². The summed E-state index contributed by atoms with van der Waals surface area (Å²) in [6.45, 7) is 0.258. The summed E-state index contributed by atoms with van der Waals surface area (Å²) in [6.07, 6.45) is -3.26. The second kappa shape index (κ2) is 11.4. The van der Waals surface area contributed by atoms with Gasteiger partial charge in [0.25, 0.3) is 5.91 Å². The van der Waals surface area contributed by atoms with Crippen LogP contribution in [0.2, 0.25) is 0 Å². The Hall–Kier alpha value is -3.29. The van der Waals surface area contributed by atoms with Crippen molar-refractivity contribution in [3.63, 3.8) is 0 Å². The maximum absolute atomic E-state index is 12.9. The lowest BCUT2D eigenvalue weighted by atomic mass is 10.1. The van der Waals surface area contributed by atoms with Gasteiger partial charge in [-0.2, -0.15) is 18.4 Å². The van der Waals surface area contributed by atoms with Gasteiger partial charge in [0.15, 0.2) is 11.5 Å². The zero-order chi connectivity index (χ0) is 25.6. The van der Waals surface area contributed by atoms with Crippen molar-refractivity contribution in [2.75, 3.05) is 12.4 Å². The Morgan fingerprint density at radius 1 is 1.09 bits per heavy atom. The quantitative estimate of drug-likeness (QED) is 0.224. The molecule has 3 aromatic rings. The van der Waals surface area contributed by atoms with Crippen LogP contribution in [0.1, 0.15) is 16.7 Å². The van der Waals surface area contributed by atoms with Gasteiger partial charge in [-0.25, -0.2) is 0 Å². The van der Waals surface area contributed by atoms with Gasteiger partial charge in [0.05, 0.1) is 17.1 Å². The predicted octanol–water partition coefficient (Wildman–Crippen LogP) is 7.36. The summed E-state index contributed by atoms with van der Waals surface area (Å²) in [5.41, 5.74) is 0.0598. The van der Waals surface area contributed by atoms with Crippen LogP contribution >= 0.6 is 31.9 Å². The van der Waals surface area contributed by atoms with Crippen LogP contribution in [0.25, 0.3) is 6.08 Å². The zero-order valence-electron chi connectivity index (χ0n) is 18.1. The summed E-state index contributed by atoms with van der Waals surface area (Å²) in [5, 5.41) is 11.8. The van der Waals surface area contributed by atoms with Crippen molar-refractivity contribution < 1.29 is 27.4 Å². The molecule has 0 aliphatic heterocycles. The van der Waals surface area contributed by atoms with Gasteiger partial charge < -0.3 is 14.8 Å². The average Bonchev–Trinajstić information content (AvgIpc) is 2.82. The van der Waals surface area contributed by atoms with E-state index in [9.17, 15) is 23.2 Å². The Morgan fingerprint density at radius 3 is 2.49 bits per heavy atom. The molecule has 35 heavy (non-hydrogen) atoms. The normalized spacial score (nSPS) is 11.5. The second-order valence-corrected chi connectivity index (χ2v) is 8.83. The van der Waals surface area contributed by atoms with Gasteiger partial charge in [-0.1, -0.05) is 40.2 Å². The molecule has 3 aromatic carbocycles. The number of amides is 1. The maximum Gasteiger partial charge on any atom is 0.416 e. The number of benzene rings is 3. The minimum absolute atomic E-state index is 0.0828. The van der Waals surface area contributed by atoms with Crippen molar-refractivity contribution in [1.82, 2.24) is 0 Å². The minimum atomic E-state index is -4.56. The van der Waals surface area contributed by atoms with E-state index in [-0.39, 0.29) is 17.9 Å². The maximum atomic E-state index is 12.9. The first-order valence-corrected chi connectivity index (χ1v) is 11.5. The number of halogens is 5. The Balaban J connectivity index is 1.83. The Kier molecular flexibility index (Phi) is 8.59. The fraction of sp³-hybridized carbons (Fsp3) is 0.120. The molecular formula is C25H17Br2F3N2O3. The number of alkyl halides is 3. The van der Waals surface area contributed by atoms with Crippen LogP contribution in [0.5, 0.6) is 11.5 Å². The summed E-state index contributed by atoms with van der Waals surface area (Å²) >= 11 is 6.89. The van der Waals surface area contributed by atoms with Crippen molar-refractivity contribution in [1.29, 1.82) is 5.26 Å². The predicted molar refractivity (Wildman–Crippen MR) is 133 cm³/mol. The SMILES string of the molecule is COc1cc(/C=C(\C#N)C(=O)Nc2cccc(C(F)(F)F)c2)cc(Br)c1OCc1ccccc1Br. The molecule has 5 nitrogen and oxygen atoms in total. The van der Waals surface area contributed by atoms with E-state index in [2.05, 4.69) is 37.2 Å². The third kappa shape index (κ3) is 6.87. The molecule has 3 rings (SSSR count). The van der Waals surface area contributed by atoms with Gasteiger partial charge in [0.2, 0.25) is 0 Å². The molecule has 1 amide bonds. The number of carbonyl (C=O) groups is 1. The third-order valence-electron chi connectivity index (χ3n) is 4.71. The molecule has 0 saturated carbocycles. The number of rotatable bonds is 7. The second-order valence-electron chi connectivity index (χ2n) is 7.12. The lowest BCUT2D eigenvalue weighted by Crippen LogP contribution is -2.14. The zero-order valence-corrected chi connectivity index (χ0v) is 21.3. The van der Waals surface area contributed by atoms with Gasteiger partial charge in [-0.15, -0.1) is 0 Å². The van der Waals surface area contributed by atoms with Gasteiger partial charge in [0, 0.05) is 15.7 Å².